The zero-order valence-corrected chi connectivity index (χ0v) is 19.2. The molecule has 0 saturated carbocycles. The van der Waals surface area contributed by atoms with Gasteiger partial charge < -0.3 is 14.2 Å². The van der Waals surface area contributed by atoms with Crippen molar-refractivity contribution in [1.82, 2.24) is 19.9 Å². The molecule has 3 aromatic rings. The number of alkyl halides is 3. The number of nitrogens with zero attached hydrogens (tertiary/aromatic N) is 4. The van der Waals surface area contributed by atoms with Crippen LogP contribution in [0.4, 0.5) is 13.2 Å². The van der Waals surface area contributed by atoms with Crippen LogP contribution in [0.5, 0.6) is 0 Å². The molecule has 8 nitrogen and oxygen atoms in total. The second-order valence-corrected chi connectivity index (χ2v) is 8.78. The van der Waals surface area contributed by atoms with E-state index in [4.69, 9.17) is 4.52 Å². The van der Waals surface area contributed by atoms with E-state index in [0.29, 0.717) is 35.9 Å². The van der Waals surface area contributed by atoms with Crippen molar-refractivity contribution < 1.29 is 32.0 Å². The molecule has 180 valence electrons. The lowest BCUT2D eigenvalue weighted by Crippen LogP contribution is -2.49. The molecule has 0 spiro atoms. The standard InChI is InChI=1S/C22H21F3N4O4S/c1-13(19-26-18(27-33-19)14-4-3-5-15(12-14)22(23,24)25)28-8-10-29(11-9-28)20(30)16-6-7-17(34-16)21(31)32-2/h3-7,12-13H,8-11H2,1-2H3. The third kappa shape index (κ3) is 4.97. The lowest BCUT2D eigenvalue weighted by atomic mass is 10.1. The molecule has 34 heavy (non-hydrogen) atoms. The summed E-state index contributed by atoms with van der Waals surface area (Å²) < 4.78 is 49.0. The van der Waals surface area contributed by atoms with Crippen LogP contribution in [-0.2, 0) is 10.9 Å². The summed E-state index contributed by atoms with van der Waals surface area (Å²) in [5.74, 6) is -0.266. The van der Waals surface area contributed by atoms with E-state index >= 15 is 0 Å². The van der Waals surface area contributed by atoms with Crippen molar-refractivity contribution in [2.24, 2.45) is 0 Å². The SMILES string of the molecule is COC(=O)c1ccc(C(=O)N2CCN(C(C)c3nc(-c4cccc(C(F)(F)F)c4)no3)CC2)s1. The van der Waals surface area contributed by atoms with Crippen molar-refractivity contribution >= 4 is 23.2 Å². The number of rotatable bonds is 5. The summed E-state index contributed by atoms with van der Waals surface area (Å²) in [6.45, 7) is 3.88. The van der Waals surface area contributed by atoms with Crippen molar-refractivity contribution in [3.63, 3.8) is 0 Å². The molecule has 0 N–H and O–H groups in total. The van der Waals surface area contributed by atoms with E-state index in [1.165, 1.54) is 19.2 Å². The molecule has 1 atom stereocenters. The highest BCUT2D eigenvalue weighted by Gasteiger charge is 2.32. The first-order chi connectivity index (χ1) is 16.2. The first-order valence-electron chi connectivity index (χ1n) is 10.4. The van der Waals surface area contributed by atoms with E-state index in [2.05, 4.69) is 19.8 Å². The number of piperazine rings is 1. The Kier molecular flexibility index (Phi) is 6.71. The lowest BCUT2D eigenvalue weighted by Gasteiger charge is -2.36. The summed E-state index contributed by atoms with van der Waals surface area (Å²) in [7, 11) is 1.29. The quantitative estimate of drug-likeness (QED) is 0.493. The van der Waals surface area contributed by atoms with Gasteiger partial charge in [-0.25, -0.2) is 4.79 Å². The van der Waals surface area contributed by atoms with Crippen LogP contribution in [0.25, 0.3) is 11.4 Å². The molecule has 2 aromatic heterocycles. The molecule has 3 heterocycles. The summed E-state index contributed by atoms with van der Waals surface area (Å²) in [4.78, 5) is 33.3. The molecule has 1 saturated heterocycles. The number of halogens is 3. The van der Waals surface area contributed by atoms with E-state index in [0.717, 1.165) is 23.5 Å². The number of carbonyl (C=O) groups is 2. The third-order valence-electron chi connectivity index (χ3n) is 5.60. The van der Waals surface area contributed by atoms with Gasteiger partial charge in [-0.15, -0.1) is 11.3 Å². The highest BCUT2D eigenvalue weighted by atomic mass is 32.1. The minimum atomic E-state index is -4.46. The third-order valence-corrected chi connectivity index (χ3v) is 6.65. The Bertz CT molecular complexity index is 1180. The van der Waals surface area contributed by atoms with E-state index in [1.54, 1.807) is 17.0 Å². The smallest absolute Gasteiger partial charge is 0.416 e. The monoisotopic (exact) mass is 494 g/mol. The van der Waals surface area contributed by atoms with Gasteiger partial charge in [-0.05, 0) is 31.2 Å². The van der Waals surface area contributed by atoms with Gasteiger partial charge in [-0.3, -0.25) is 9.69 Å². The lowest BCUT2D eigenvalue weighted by molar-refractivity contribution is -0.137. The molecule has 1 aromatic carbocycles. The van der Waals surface area contributed by atoms with Crippen LogP contribution in [0, 0.1) is 0 Å². The normalized spacial score (nSPS) is 15.9. The van der Waals surface area contributed by atoms with Gasteiger partial charge in [-0.2, -0.15) is 18.2 Å². The van der Waals surface area contributed by atoms with Crippen LogP contribution in [0.15, 0.2) is 40.9 Å². The number of hydrogen-bond acceptors (Lipinski definition) is 8. The van der Waals surface area contributed by atoms with Crippen LogP contribution in [-0.4, -0.2) is 65.1 Å². The molecule has 12 heteroatoms. The molecule has 1 amide bonds. The van der Waals surface area contributed by atoms with Gasteiger partial charge in [-0.1, -0.05) is 17.3 Å². The molecule has 1 fully saturated rings. The Hall–Kier alpha value is -3.25. The Balaban J connectivity index is 1.38. The van der Waals surface area contributed by atoms with Gasteiger partial charge in [0.05, 0.1) is 23.6 Å². The minimum absolute atomic E-state index is 0.0841. The molecule has 1 unspecified atom stereocenters. The van der Waals surface area contributed by atoms with E-state index in [9.17, 15) is 22.8 Å². The van der Waals surface area contributed by atoms with Gasteiger partial charge in [0.2, 0.25) is 11.7 Å². The molecule has 4 rings (SSSR count). The summed E-state index contributed by atoms with van der Waals surface area (Å²) in [6.07, 6.45) is -4.46. The maximum atomic E-state index is 13.0. The van der Waals surface area contributed by atoms with E-state index in [1.807, 2.05) is 6.92 Å². The molecule has 1 aliphatic heterocycles. The number of benzene rings is 1. The summed E-state index contributed by atoms with van der Waals surface area (Å²) in [5.41, 5.74) is -0.565. The topological polar surface area (TPSA) is 88.8 Å². The molecule has 0 radical (unpaired) electrons. The average Bonchev–Trinajstić information content (AvgIpc) is 3.53. The Morgan fingerprint density at radius 1 is 1.12 bits per heavy atom. The second-order valence-electron chi connectivity index (χ2n) is 7.69. The molecule has 1 aliphatic rings. The fourth-order valence-electron chi connectivity index (χ4n) is 3.64. The fraction of sp³-hybridized carbons (Fsp3) is 0.364. The number of esters is 1. The predicted octanol–water partition coefficient (Wildman–Crippen LogP) is 4.12. The molecular formula is C22H21F3N4O4S. The number of amides is 1. The van der Waals surface area contributed by atoms with E-state index in [-0.39, 0.29) is 29.2 Å². The first kappa shape index (κ1) is 23.9. The Morgan fingerprint density at radius 2 is 1.82 bits per heavy atom. The largest absolute Gasteiger partial charge is 0.465 e. The van der Waals surface area contributed by atoms with Crippen LogP contribution >= 0.6 is 11.3 Å². The van der Waals surface area contributed by atoms with Crippen LogP contribution < -0.4 is 0 Å². The number of aromatic nitrogens is 2. The van der Waals surface area contributed by atoms with Crippen molar-refractivity contribution in [2.75, 3.05) is 33.3 Å². The molecular weight excluding hydrogens is 473 g/mol. The average molecular weight is 494 g/mol. The molecule has 0 aliphatic carbocycles. The molecule has 0 bridgehead atoms. The van der Waals surface area contributed by atoms with Crippen LogP contribution in [0.3, 0.4) is 0 Å². The zero-order chi connectivity index (χ0) is 24.5. The number of hydrogen-bond donors (Lipinski definition) is 0. The Morgan fingerprint density at radius 3 is 2.50 bits per heavy atom. The highest BCUT2D eigenvalue weighted by molar-refractivity contribution is 7.15. The van der Waals surface area contributed by atoms with Gasteiger partial charge in [0.1, 0.15) is 4.88 Å². The van der Waals surface area contributed by atoms with Crippen molar-refractivity contribution in [3.05, 3.63) is 57.6 Å². The van der Waals surface area contributed by atoms with Gasteiger partial charge >= 0.3 is 12.1 Å². The fourth-order valence-corrected chi connectivity index (χ4v) is 4.54. The number of methoxy groups -OCH3 is 1. The number of thiophene rings is 1. The zero-order valence-electron chi connectivity index (χ0n) is 18.3. The van der Waals surface area contributed by atoms with Crippen molar-refractivity contribution in [1.29, 1.82) is 0 Å². The minimum Gasteiger partial charge on any atom is -0.465 e. The maximum Gasteiger partial charge on any atom is 0.416 e. The maximum absolute atomic E-state index is 13.0. The summed E-state index contributed by atoms with van der Waals surface area (Å²) in [6, 6.07) is 7.67. The first-order valence-corrected chi connectivity index (χ1v) is 11.2. The predicted molar refractivity (Wildman–Crippen MR) is 116 cm³/mol. The summed E-state index contributed by atoms with van der Waals surface area (Å²) >= 11 is 1.09. The van der Waals surface area contributed by atoms with Gasteiger partial charge in [0.15, 0.2) is 0 Å². The van der Waals surface area contributed by atoms with Crippen LogP contribution in [0.2, 0.25) is 0 Å². The van der Waals surface area contributed by atoms with Gasteiger partial charge in [0.25, 0.3) is 5.91 Å². The Labute approximate surface area is 196 Å². The number of carbonyl (C=O) groups excluding carboxylic acids is 2. The van der Waals surface area contributed by atoms with Gasteiger partial charge in [0, 0.05) is 31.7 Å². The summed E-state index contributed by atoms with van der Waals surface area (Å²) in [5, 5.41) is 3.85. The second kappa shape index (κ2) is 9.55. The van der Waals surface area contributed by atoms with Crippen LogP contribution in [0.1, 0.15) is 43.8 Å². The van der Waals surface area contributed by atoms with Crippen molar-refractivity contribution in [2.45, 2.75) is 19.1 Å². The van der Waals surface area contributed by atoms with Crippen molar-refractivity contribution in [3.8, 4) is 11.4 Å². The number of ether oxygens (including phenoxy) is 1. The highest BCUT2D eigenvalue weighted by Crippen LogP contribution is 2.32. The van der Waals surface area contributed by atoms with E-state index < -0.39 is 17.7 Å².